The van der Waals surface area contributed by atoms with Crippen LogP contribution < -0.4 is 0 Å². The Kier molecular flexibility index (Phi) is 2.64. The number of para-hydroxylation sites is 2. The minimum Gasteiger partial charge on any atom is -0.309 e. The zero-order valence-electron chi connectivity index (χ0n) is 41.0. The summed E-state index contributed by atoms with van der Waals surface area (Å²) in [5, 5.41) is -0.0974. The Bertz CT molecular complexity index is 3600. The zero-order valence-corrected chi connectivity index (χ0v) is 23.0. The lowest BCUT2D eigenvalue weighted by molar-refractivity contribution is 1.15. The van der Waals surface area contributed by atoms with Gasteiger partial charge in [0.1, 0.15) is 0 Å². The van der Waals surface area contributed by atoms with E-state index in [1.807, 2.05) is 0 Å². The summed E-state index contributed by atoms with van der Waals surface area (Å²) in [6.45, 7) is 0. The molecule has 3 aromatic heterocycles. The van der Waals surface area contributed by atoms with E-state index in [1.165, 1.54) is 31.9 Å². The van der Waals surface area contributed by atoms with Crippen LogP contribution in [0.25, 0.3) is 82.8 Å². The second-order valence-corrected chi connectivity index (χ2v) is 10.5. The summed E-state index contributed by atoms with van der Waals surface area (Å²) >= 11 is 0. The van der Waals surface area contributed by atoms with Crippen molar-refractivity contribution in [3.63, 3.8) is 0 Å². The number of benzene rings is 7. The molecule has 0 saturated heterocycles. The third-order valence-corrected chi connectivity index (χ3v) is 8.09. The quantitative estimate of drug-likeness (QED) is 0.193. The van der Waals surface area contributed by atoms with Crippen molar-refractivity contribution in [2.24, 2.45) is 0 Å². The monoisotopic (exact) mass is 591 g/mol. The first kappa shape index (κ1) is 12.9. The summed E-state index contributed by atoms with van der Waals surface area (Å²) in [6.07, 6.45) is 0. The molecule has 0 N–H and O–H groups in total. The molecule has 0 fully saturated rings. The minimum absolute atomic E-state index is 0.0582. The lowest BCUT2D eigenvalue weighted by Crippen LogP contribution is -1.99. The summed E-state index contributed by atoms with van der Waals surface area (Å²) in [4.78, 5) is 0. The molecule has 0 amide bonds. The molecule has 3 nitrogen and oxygen atoms in total. The fourth-order valence-electron chi connectivity index (χ4n) is 6.27. The van der Waals surface area contributed by atoms with E-state index < -0.39 is 109 Å². The standard InChI is InChI=1S/C42H27N3/c1-3-12-28(13-4-1)29-14-9-17-31(26-29)44-36-20-10-22-38-41(36)42-37(44)21-11-23-39(42)45(38)32-24-25-34-33-18-7-8-19-35(33)43(40(34)27-32)30-15-5-2-6-16-30/h1-27H/i1D,3D,4D,7D,8D,10D,11D,12D,13D,18D,19D,20D,21D,22D,23D,24D,25D,27D. The van der Waals surface area contributed by atoms with Crippen LogP contribution in [0, 0.1) is 0 Å². The Morgan fingerprint density at radius 3 is 1.69 bits per heavy atom. The molecule has 0 aliphatic rings. The Morgan fingerprint density at radius 1 is 0.378 bits per heavy atom. The fourth-order valence-corrected chi connectivity index (χ4v) is 6.27. The molecule has 0 radical (unpaired) electrons. The highest BCUT2D eigenvalue weighted by atomic mass is 15.0. The number of nitrogens with zero attached hydrogens (tertiary/aromatic N) is 3. The van der Waals surface area contributed by atoms with Crippen molar-refractivity contribution in [1.82, 2.24) is 13.7 Å². The molecule has 0 saturated carbocycles. The number of aromatic nitrogens is 3. The van der Waals surface area contributed by atoms with E-state index >= 15 is 0 Å². The number of fused-ring (bicyclic) bond motifs is 3. The summed E-state index contributed by atoms with van der Waals surface area (Å²) < 4.78 is 165. The van der Waals surface area contributed by atoms with Gasteiger partial charge in [-0.1, -0.05) is 96.8 Å². The van der Waals surface area contributed by atoms with Crippen LogP contribution in [0.4, 0.5) is 0 Å². The summed E-state index contributed by atoms with van der Waals surface area (Å²) in [6, 6.07) is 4.64. The van der Waals surface area contributed by atoms with Crippen LogP contribution in [0.5, 0.6) is 0 Å². The van der Waals surface area contributed by atoms with Crippen LogP contribution in [0.2, 0.25) is 0 Å². The Labute approximate surface area is 285 Å². The van der Waals surface area contributed by atoms with Gasteiger partial charge in [0.15, 0.2) is 0 Å². The topological polar surface area (TPSA) is 14.8 Å². The Balaban J connectivity index is 1.40. The van der Waals surface area contributed by atoms with Crippen LogP contribution in [-0.4, -0.2) is 13.7 Å². The smallest absolute Gasteiger partial charge is 0.0667 e. The molecule has 0 bridgehead atoms. The maximum atomic E-state index is 9.90. The molecule has 0 spiro atoms. The molecular formula is C42H27N3. The molecule has 10 rings (SSSR count). The lowest BCUT2D eigenvalue weighted by Gasteiger charge is -2.14. The van der Waals surface area contributed by atoms with Crippen molar-refractivity contribution in [3.05, 3.63) is 163 Å². The Hall–Kier alpha value is -6.06. The third kappa shape index (κ3) is 3.41. The van der Waals surface area contributed by atoms with Gasteiger partial charge in [0.25, 0.3) is 0 Å². The first-order valence-electron chi connectivity index (χ1n) is 23.0. The van der Waals surface area contributed by atoms with Crippen molar-refractivity contribution in [2.45, 2.75) is 0 Å². The van der Waals surface area contributed by atoms with E-state index in [4.69, 9.17) is 15.1 Å². The second kappa shape index (κ2) is 9.22. The van der Waals surface area contributed by atoms with Gasteiger partial charge in [0, 0.05) is 38.6 Å². The molecule has 0 aliphatic carbocycles. The van der Waals surface area contributed by atoms with E-state index in [1.54, 1.807) is 36.4 Å². The number of hydrogen-bond donors (Lipinski definition) is 0. The average molecular weight is 592 g/mol. The molecule has 0 atom stereocenters. The predicted molar refractivity (Wildman–Crippen MR) is 189 cm³/mol. The normalized spacial score (nSPS) is 17.6. The van der Waals surface area contributed by atoms with E-state index in [-0.39, 0.29) is 77.1 Å². The predicted octanol–water partition coefficient (Wildman–Crippen LogP) is 10.9. The maximum absolute atomic E-state index is 9.90. The molecule has 0 aliphatic heterocycles. The summed E-state index contributed by atoms with van der Waals surface area (Å²) in [5.74, 6) is 0. The van der Waals surface area contributed by atoms with E-state index in [9.17, 15) is 9.60 Å². The van der Waals surface area contributed by atoms with Crippen molar-refractivity contribution in [1.29, 1.82) is 0 Å². The van der Waals surface area contributed by atoms with Crippen molar-refractivity contribution >= 4 is 54.6 Å². The highest BCUT2D eigenvalue weighted by Crippen LogP contribution is 2.43. The van der Waals surface area contributed by atoms with Gasteiger partial charge in [0.2, 0.25) is 0 Å². The average Bonchev–Trinajstić information content (AvgIpc) is 3.93. The molecular weight excluding hydrogens is 546 g/mol. The molecule has 3 heterocycles. The minimum atomic E-state index is -0.639. The van der Waals surface area contributed by atoms with Gasteiger partial charge < -0.3 is 13.7 Å². The number of hydrogen-bond acceptors (Lipinski definition) is 0. The first-order valence-corrected chi connectivity index (χ1v) is 14.0. The van der Waals surface area contributed by atoms with Crippen molar-refractivity contribution < 1.29 is 24.7 Å². The second-order valence-electron chi connectivity index (χ2n) is 10.5. The van der Waals surface area contributed by atoms with E-state index in [2.05, 4.69) is 0 Å². The zero-order chi connectivity index (χ0) is 45.1. The van der Waals surface area contributed by atoms with Gasteiger partial charge in [-0.05, 0) is 77.7 Å². The van der Waals surface area contributed by atoms with Gasteiger partial charge in [-0.2, -0.15) is 0 Å². The highest BCUT2D eigenvalue weighted by molar-refractivity contribution is 6.25. The molecule has 45 heavy (non-hydrogen) atoms. The summed E-state index contributed by atoms with van der Waals surface area (Å²) in [5.41, 5.74) is -0.434. The SMILES string of the molecule is [2H]c1c([2H])c([2H])c(-c2cccc(-n3c4c([2H])c([2H])c([2H])c5c4c4c3c([2H])c([2H])c([2H])c4n5-c3c([2H])c([2H])c4c5c([2H])c([2H])c([2H])c([2H])c5n(-c5ccccc5)c4c3[2H])c2)c([2H])c1[2H]. The van der Waals surface area contributed by atoms with Crippen LogP contribution in [0.3, 0.4) is 0 Å². The molecule has 210 valence electrons. The van der Waals surface area contributed by atoms with Crippen molar-refractivity contribution in [2.75, 3.05) is 0 Å². The largest absolute Gasteiger partial charge is 0.309 e. The fraction of sp³-hybridized carbons (Fsp3) is 0. The lowest BCUT2D eigenvalue weighted by atomic mass is 10.1. The molecule has 7 aromatic carbocycles. The van der Waals surface area contributed by atoms with Crippen LogP contribution >= 0.6 is 0 Å². The van der Waals surface area contributed by atoms with E-state index in [0.29, 0.717) is 5.69 Å². The summed E-state index contributed by atoms with van der Waals surface area (Å²) in [7, 11) is 0. The molecule has 3 heteroatoms. The van der Waals surface area contributed by atoms with Gasteiger partial charge in [-0.15, -0.1) is 0 Å². The van der Waals surface area contributed by atoms with Crippen LogP contribution in [0.1, 0.15) is 24.7 Å². The molecule has 0 unspecified atom stereocenters. The first-order chi connectivity index (χ1) is 29.8. The van der Waals surface area contributed by atoms with Gasteiger partial charge in [0.05, 0.1) is 57.8 Å². The van der Waals surface area contributed by atoms with Gasteiger partial charge in [-0.25, -0.2) is 0 Å². The van der Waals surface area contributed by atoms with Gasteiger partial charge in [-0.3, -0.25) is 0 Å². The van der Waals surface area contributed by atoms with Crippen LogP contribution in [-0.2, 0) is 0 Å². The van der Waals surface area contributed by atoms with Crippen LogP contribution in [0.15, 0.2) is 163 Å². The van der Waals surface area contributed by atoms with Crippen molar-refractivity contribution in [3.8, 4) is 28.2 Å². The maximum Gasteiger partial charge on any atom is 0.0667 e. The van der Waals surface area contributed by atoms with E-state index in [0.717, 1.165) is 0 Å². The highest BCUT2D eigenvalue weighted by Gasteiger charge is 2.23. The van der Waals surface area contributed by atoms with Gasteiger partial charge >= 0.3 is 0 Å². The molecule has 10 aromatic rings. The Morgan fingerprint density at radius 2 is 0.956 bits per heavy atom. The number of rotatable bonds is 4. The third-order valence-electron chi connectivity index (χ3n) is 8.09.